The molecule has 1 aromatic carbocycles. The highest BCUT2D eigenvalue weighted by molar-refractivity contribution is 5.94. The van der Waals surface area contributed by atoms with Gasteiger partial charge in [0.15, 0.2) is 11.3 Å². The Labute approximate surface area is 206 Å². The topological polar surface area (TPSA) is 83.7 Å². The number of carbonyl (C=O) groups is 1. The Kier molecular flexibility index (Phi) is 6.90. The summed E-state index contributed by atoms with van der Waals surface area (Å²) in [4.78, 5) is 26.6. The van der Waals surface area contributed by atoms with Gasteiger partial charge < -0.3 is 24.3 Å². The van der Waals surface area contributed by atoms with Crippen LogP contribution in [0.1, 0.15) is 56.8 Å². The lowest BCUT2D eigenvalue weighted by Gasteiger charge is -2.34. The summed E-state index contributed by atoms with van der Waals surface area (Å²) in [6.45, 7) is 10.5. The van der Waals surface area contributed by atoms with E-state index in [4.69, 9.17) is 14.1 Å². The van der Waals surface area contributed by atoms with Gasteiger partial charge >= 0.3 is 0 Å². The van der Waals surface area contributed by atoms with Crippen molar-refractivity contribution in [3.05, 3.63) is 36.0 Å². The summed E-state index contributed by atoms with van der Waals surface area (Å²) in [7, 11) is 0. The van der Waals surface area contributed by atoms with Crippen molar-refractivity contribution in [2.24, 2.45) is 0 Å². The second kappa shape index (κ2) is 10.2. The smallest absolute Gasteiger partial charge is 0.296 e. The summed E-state index contributed by atoms with van der Waals surface area (Å²) in [5.74, 6) is 0.688. The van der Waals surface area contributed by atoms with E-state index in [-0.39, 0.29) is 12.0 Å². The van der Waals surface area contributed by atoms with Crippen LogP contribution in [0.25, 0.3) is 22.4 Å². The van der Waals surface area contributed by atoms with E-state index in [1.165, 1.54) is 12.8 Å². The van der Waals surface area contributed by atoms with Gasteiger partial charge in [-0.25, -0.2) is 0 Å². The maximum Gasteiger partial charge on any atom is 0.296 e. The Balaban J connectivity index is 1.38. The highest BCUT2D eigenvalue weighted by Gasteiger charge is 2.23. The van der Waals surface area contributed by atoms with Gasteiger partial charge in [0.2, 0.25) is 0 Å². The maximum atomic E-state index is 13.0. The number of anilines is 1. The van der Waals surface area contributed by atoms with Gasteiger partial charge in [-0.3, -0.25) is 9.78 Å². The Hall–Kier alpha value is -3.13. The molecule has 1 aliphatic heterocycles. The van der Waals surface area contributed by atoms with E-state index in [9.17, 15) is 4.79 Å². The first-order valence-electron chi connectivity index (χ1n) is 12.9. The lowest BCUT2D eigenvalue weighted by atomic mass is 10.1. The van der Waals surface area contributed by atoms with Gasteiger partial charge in [-0.15, -0.1) is 0 Å². The van der Waals surface area contributed by atoms with Crippen molar-refractivity contribution in [1.82, 2.24) is 19.8 Å². The Bertz CT molecular complexity index is 1160. The van der Waals surface area contributed by atoms with Gasteiger partial charge in [-0.05, 0) is 57.5 Å². The fourth-order valence-electron chi connectivity index (χ4n) is 4.94. The molecule has 3 aromatic rings. The van der Waals surface area contributed by atoms with Gasteiger partial charge in [-0.2, -0.15) is 4.98 Å². The summed E-state index contributed by atoms with van der Waals surface area (Å²) < 4.78 is 12.1. The lowest BCUT2D eigenvalue weighted by molar-refractivity contribution is 0.0643. The number of fused-ring (bicyclic) bond motifs is 1. The predicted molar refractivity (Wildman–Crippen MR) is 137 cm³/mol. The molecule has 2 aliphatic rings. The first-order valence-corrected chi connectivity index (χ1v) is 12.9. The zero-order valence-electron chi connectivity index (χ0n) is 20.9. The normalized spacial score (nSPS) is 17.4. The number of oxazole rings is 1. The highest BCUT2D eigenvalue weighted by Crippen LogP contribution is 2.35. The summed E-state index contributed by atoms with van der Waals surface area (Å²) in [6.07, 6.45) is 6.43. The number of carbonyl (C=O) groups excluding carboxylic acids is 1. The van der Waals surface area contributed by atoms with Crippen LogP contribution in [0.4, 0.5) is 6.01 Å². The number of pyridine rings is 1. The second-order valence-electron chi connectivity index (χ2n) is 9.79. The van der Waals surface area contributed by atoms with E-state index in [0.717, 1.165) is 62.3 Å². The first kappa shape index (κ1) is 23.6. The number of benzene rings is 1. The third-order valence-electron chi connectivity index (χ3n) is 6.91. The standard InChI is InChI=1S/C27H35N5O3/c1-4-31-11-13-32(14-12-31)26(33)19-9-10-22(28-17-19)20-15-23-25(24(16-20)34-18(2)3)35-27(30-23)29-21-7-5-6-8-21/h9-10,15-18,21H,4-8,11-14H2,1-3H3,(H,29,30). The molecular formula is C27H35N5O3. The monoisotopic (exact) mass is 477 g/mol. The molecule has 1 saturated heterocycles. The summed E-state index contributed by atoms with van der Waals surface area (Å²) in [6, 6.07) is 8.62. The Morgan fingerprint density at radius 2 is 1.94 bits per heavy atom. The molecule has 1 N–H and O–H groups in total. The second-order valence-corrected chi connectivity index (χ2v) is 9.79. The number of piperazine rings is 1. The lowest BCUT2D eigenvalue weighted by Crippen LogP contribution is -2.48. The maximum absolute atomic E-state index is 13.0. The van der Waals surface area contributed by atoms with Crippen molar-refractivity contribution < 1.29 is 13.9 Å². The molecule has 8 nitrogen and oxygen atoms in total. The van der Waals surface area contributed by atoms with Crippen LogP contribution in [-0.2, 0) is 0 Å². The van der Waals surface area contributed by atoms with Gasteiger partial charge in [0.1, 0.15) is 5.52 Å². The van der Waals surface area contributed by atoms with Crippen molar-refractivity contribution in [3.63, 3.8) is 0 Å². The van der Waals surface area contributed by atoms with E-state index in [1.54, 1.807) is 6.20 Å². The minimum atomic E-state index is -0.00840. The molecular weight excluding hydrogens is 442 g/mol. The summed E-state index contributed by atoms with van der Waals surface area (Å²) in [5, 5.41) is 3.43. The predicted octanol–water partition coefficient (Wildman–Crippen LogP) is 4.81. The van der Waals surface area contributed by atoms with Gasteiger partial charge in [0.05, 0.1) is 17.4 Å². The van der Waals surface area contributed by atoms with Crippen LogP contribution in [0.15, 0.2) is 34.9 Å². The number of nitrogens with zero attached hydrogens (tertiary/aromatic N) is 4. The van der Waals surface area contributed by atoms with Crippen LogP contribution in [0, 0.1) is 0 Å². The van der Waals surface area contributed by atoms with E-state index >= 15 is 0 Å². The number of hydrogen-bond donors (Lipinski definition) is 1. The van der Waals surface area contributed by atoms with Crippen molar-refractivity contribution in [2.45, 2.75) is 58.6 Å². The number of amides is 1. The highest BCUT2D eigenvalue weighted by atomic mass is 16.5. The first-order chi connectivity index (χ1) is 17.0. The average Bonchev–Trinajstić information content (AvgIpc) is 3.53. The van der Waals surface area contributed by atoms with Crippen molar-refractivity contribution in [1.29, 1.82) is 0 Å². The van der Waals surface area contributed by atoms with Crippen molar-refractivity contribution >= 4 is 23.0 Å². The number of rotatable bonds is 7. The largest absolute Gasteiger partial charge is 0.487 e. The summed E-state index contributed by atoms with van der Waals surface area (Å²) in [5.41, 5.74) is 3.63. The third-order valence-corrected chi connectivity index (χ3v) is 6.91. The molecule has 1 aliphatic carbocycles. The molecule has 35 heavy (non-hydrogen) atoms. The van der Waals surface area contributed by atoms with Crippen molar-refractivity contribution in [2.75, 3.05) is 38.0 Å². The zero-order valence-corrected chi connectivity index (χ0v) is 20.9. The van der Waals surface area contributed by atoms with Gasteiger partial charge in [0.25, 0.3) is 11.9 Å². The molecule has 3 heterocycles. The number of nitrogens with one attached hydrogen (secondary N) is 1. The number of ether oxygens (including phenoxy) is 1. The molecule has 1 amide bonds. The fourth-order valence-corrected chi connectivity index (χ4v) is 4.94. The quantitative estimate of drug-likeness (QED) is 0.523. The van der Waals surface area contributed by atoms with Crippen LogP contribution in [-0.4, -0.2) is 70.5 Å². The van der Waals surface area contributed by atoms with E-state index in [0.29, 0.717) is 29.0 Å². The molecule has 0 atom stereocenters. The SMILES string of the molecule is CCN1CCN(C(=O)c2ccc(-c3cc(OC(C)C)c4oc(NC5CCCC5)nc4c3)nc2)CC1. The summed E-state index contributed by atoms with van der Waals surface area (Å²) >= 11 is 0. The Morgan fingerprint density at radius 1 is 1.17 bits per heavy atom. The molecule has 0 spiro atoms. The molecule has 5 rings (SSSR count). The molecule has 8 heteroatoms. The van der Waals surface area contributed by atoms with Crippen LogP contribution in [0.2, 0.25) is 0 Å². The number of aromatic nitrogens is 2. The van der Waals surface area contributed by atoms with E-state index < -0.39 is 0 Å². The van der Waals surface area contributed by atoms with Crippen LogP contribution in [0.5, 0.6) is 5.75 Å². The van der Waals surface area contributed by atoms with Crippen LogP contribution < -0.4 is 10.1 Å². The molecule has 0 radical (unpaired) electrons. The fraction of sp³-hybridized carbons (Fsp3) is 0.519. The van der Waals surface area contributed by atoms with Crippen LogP contribution >= 0.6 is 0 Å². The molecule has 0 bridgehead atoms. The third kappa shape index (κ3) is 5.27. The van der Waals surface area contributed by atoms with E-state index in [2.05, 4.69) is 22.1 Å². The van der Waals surface area contributed by atoms with Crippen LogP contribution in [0.3, 0.4) is 0 Å². The average molecular weight is 478 g/mol. The minimum Gasteiger partial charge on any atom is -0.487 e. The van der Waals surface area contributed by atoms with E-state index in [1.807, 2.05) is 43.0 Å². The van der Waals surface area contributed by atoms with Gasteiger partial charge in [0, 0.05) is 44.0 Å². The zero-order chi connectivity index (χ0) is 24.4. The Morgan fingerprint density at radius 3 is 2.60 bits per heavy atom. The minimum absolute atomic E-state index is 0.00840. The molecule has 2 fully saturated rings. The molecule has 1 saturated carbocycles. The number of likely N-dealkylation sites (N-methyl/N-ethyl adjacent to an activating group) is 1. The molecule has 186 valence electrons. The molecule has 0 unspecified atom stereocenters. The van der Waals surface area contributed by atoms with Crippen molar-refractivity contribution in [3.8, 4) is 17.0 Å². The van der Waals surface area contributed by atoms with Gasteiger partial charge in [-0.1, -0.05) is 19.8 Å². The molecule has 2 aromatic heterocycles. The number of hydrogen-bond acceptors (Lipinski definition) is 7.